The summed E-state index contributed by atoms with van der Waals surface area (Å²) >= 11 is 0. The number of pyridine rings is 1. The van der Waals surface area contributed by atoms with E-state index < -0.39 is 0 Å². The van der Waals surface area contributed by atoms with Gasteiger partial charge >= 0.3 is 0 Å². The van der Waals surface area contributed by atoms with Crippen LogP contribution in [-0.4, -0.2) is 31.6 Å². The Morgan fingerprint density at radius 3 is 3.04 bits per heavy atom. The van der Waals surface area contributed by atoms with E-state index >= 15 is 0 Å². The van der Waals surface area contributed by atoms with Gasteiger partial charge in [-0.1, -0.05) is 6.07 Å². The molecule has 2 N–H and O–H groups in total. The van der Waals surface area contributed by atoms with Crippen molar-refractivity contribution in [3.05, 3.63) is 65.9 Å². The fourth-order valence-corrected chi connectivity index (χ4v) is 2.89. The van der Waals surface area contributed by atoms with Gasteiger partial charge in [-0.15, -0.1) is 0 Å². The summed E-state index contributed by atoms with van der Waals surface area (Å²) in [5, 5.41) is 9.80. The predicted octanol–water partition coefficient (Wildman–Crippen LogP) is 1.48. The monoisotopic (exact) mass is 348 g/mol. The number of aromatic nitrogens is 4. The van der Waals surface area contributed by atoms with E-state index in [1.165, 1.54) is 6.33 Å². The zero-order valence-electron chi connectivity index (χ0n) is 13.8. The quantitative estimate of drug-likeness (QED) is 0.743. The van der Waals surface area contributed by atoms with Gasteiger partial charge in [-0.3, -0.25) is 9.59 Å². The lowest BCUT2D eigenvalue weighted by atomic mass is 10.00. The number of anilines is 1. The van der Waals surface area contributed by atoms with Crippen molar-refractivity contribution in [3.8, 4) is 5.82 Å². The fourth-order valence-electron chi connectivity index (χ4n) is 2.89. The van der Waals surface area contributed by atoms with E-state index in [1.54, 1.807) is 29.3 Å². The predicted molar refractivity (Wildman–Crippen MR) is 93.7 cm³/mol. The van der Waals surface area contributed by atoms with Gasteiger partial charge in [-0.2, -0.15) is 5.10 Å². The Kier molecular flexibility index (Phi) is 4.14. The third kappa shape index (κ3) is 3.16. The maximum absolute atomic E-state index is 12.5. The summed E-state index contributed by atoms with van der Waals surface area (Å²) in [6.45, 7) is 0.315. The third-order valence-electron chi connectivity index (χ3n) is 4.21. The number of hydrogen-bond acceptors (Lipinski definition) is 5. The molecule has 0 saturated carbocycles. The molecule has 8 nitrogen and oxygen atoms in total. The standard InChI is InChI=1S/C18H16N6O2/c25-16-6-4-12-8-13(3-5-15(12)23-16)18(26)21-9-14-2-1-7-20-17(14)24-11-19-10-22-24/h1-3,5,7-8,10-11H,4,6,9H2,(H,21,26)(H,23,25). The molecule has 130 valence electrons. The van der Waals surface area contributed by atoms with Crippen molar-refractivity contribution in [2.45, 2.75) is 19.4 Å². The average Bonchev–Trinajstić information content (AvgIpc) is 3.20. The molecule has 0 spiro atoms. The Morgan fingerprint density at radius 2 is 2.19 bits per heavy atom. The highest BCUT2D eigenvalue weighted by molar-refractivity contribution is 5.97. The normalized spacial score (nSPS) is 13.0. The molecule has 0 radical (unpaired) electrons. The van der Waals surface area contributed by atoms with Crippen LogP contribution in [0.2, 0.25) is 0 Å². The first-order valence-corrected chi connectivity index (χ1v) is 8.20. The number of nitrogens with zero attached hydrogens (tertiary/aromatic N) is 4. The van der Waals surface area contributed by atoms with Crippen molar-refractivity contribution in [1.29, 1.82) is 0 Å². The Balaban J connectivity index is 1.49. The van der Waals surface area contributed by atoms with Gasteiger partial charge in [-0.25, -0.2) is 14.6 Å². The minimum atomic E-state index is -0.182. The van der Waals surface area contributed by atoms with Gasteiger partial charge in [0.1, 0.15) is 12.7 Å². The molecule has 4 rings (SSSR count). The first-order chi connectivity index (χ1) is 12.7. The lowest BCUT2D eigenvalue weighted by Gasteiger charge is -2.17. The summed E-state index contributed by atoms with van der Waals surface area (Å²) < 4.78 is 1.56. The van der Waals surface area contributed by atoms with Crippen molar-refractivity contribution in [2.24, 2.45) is 0 Å². The van der Waals surface area contributed by atoms with E-state index in [1.807, 2.05) is 18.2 Å². The maximum atomic E-state index is 12.5. The second-order valence-corrected chi connectivity index (χ2v) is 5.93. The van der Waals surface area contributed by atoms with Gasteiger partial charge in [0, 0.05) is 36.0 Å². The summed E-state index contributed by atoms with van der Waals surface area (Å²) in [5.41, 5.74) is 3.14. The van der Waals surface area contributed by atoms with Crippen LogP contribution in [-0.2, 0) is 17.8 Å². The van der Waals surface area contributed by atoms with Crippen LogP contribution in [0.4, 0.5) is 5.69 Å². The highest BCUT2D eigenvalue weighted by Gasteiger charge is 2.17. The number of nitrogens with one attached hydrogen (secondary N) is 2. The Hall–Kier alpha value is -3.55. The third-order valence-corrected chi connectivity index (χ3v) is 4.21. The molecule has 1 aromatic carbocycles. The van der Waals surface area contributed by atoms with E-state index in [-0.39, 0.29) is 11.8 Å². The van der Waals surface area contributed by atoms with Crippen molar-refractivity contribution in [2.75, 3.05) is 5.32 Å². The molecular weight excluding hydrogens is 332 g/mol. The molecule has 3 heterocycles. The van der Waals surface area contributed by atoms with Crippen LogP contribution in [0.5, 0.6) is 0 Å². The first-order valence-electron chi connectivity index (χ1n) is 8.20. The number of fused-ring (bicyclic) bond motifs is 1. The molecule has 1 aliphatic heterocycles. The van der Waals surface area contributed by atoms with Crippen LogP contribution in [0.1, 0.15) is 27.9 Å². The minimum Gasteiger partial charge on any atom is -0.348 e. The Bertz CT molecular complexity index is 968. The highest BCUT2D eigenvalue weighted by atomic mass is 16.2. The zero-order chi connectivity index (χ0) is 17.9. The summed E-state index contributed by atoms with van der Waals surface area (Å²) in [4.78, 5) is 32.2. The number of benzene rings is 1. The van der Waals surface area contributed by atoms with Crippen molar-refractivity contribution in [1.82, 2.24) is 25.1 Å². The largest absolute Gasteiger partial charge is 0.348 e. The van der Waals surface area contributed by atoms with Crippen LogP contribution in [0.3, 0.4) is 0 Å². The molecule has 1 aliphatic rings. The Labute approximate surface area is 149 Å². The number of amides is 2. The van der Waals surface area contributed by atoms with E-state index in [4.69, 9.17) is 0 Å². The molecule has 2 amide bonds. The van der Waals surface area contributed by atoms with E-state index in [2.05, 4.69) is 25.7 Å². The Morgan fingerprint density at radius 1 is 1.27 bits per heavy atom. The lowest BCUT2D eigenvalue weighted by molar-refractivity contribution is -0.116. The molecule has 0 saturated heterocycles. The second-order valence-electron chi connectivity index (χ2n) is 5.93. The maximum Gasteiger partial charge on any atom is 0.251 e. The number of carbonyl (C=O) groups excluding carboxylic acids is 2. The second kappa shape index (κ2) is 6.75. The molecule has 0 aliphatic carbocycles. The van der Waals surface area contributed by atoms with Gasteiger partial charge in [-0.05, 0) is 36.2 Å². The average molecular weight is 348 g/mol. The molecule has 8 heteroatoms. The number of aryl methyl sites for hydroxylation is 1. The molecule has 0 unspecified atom stereocenters. The van der Waals surface area contributed by atoms with Gasteiger partial charge < -0.3 is 10.6 Å². The summed E-state index contributed by atoms with van der Waals surface area (Å²) in [5.74, 6) is 0.448. The summed E-state index contributed by atoms with van der Waals surface area (Å²) in [6, 6.07) is 9.00. The fraction of sp³-hybridized carbons (Fsp3) is 0.167. The first kappa shape index (κ1) is 15.9. The molecular formula is C18H16N6O2. The highest BCUT2D eigenvalue weighted by Crippen LogP contribution is 2.23. The topological polar surface area (TPSA) is 102 Å². The summed E-state index contributed by atoms with van der Waals surface area (Å²) in [7, 11) is 0. The molecule has 0 bridgehead atoms. The number of hydrogen-bond donors (Lipinski definition) is 2. The van der Waals surface area contributed by atoms with E-state index in [0.717, 1.165) is 16.8 Å². The molecule has 0 atom stereocenters. The zero-order valence-corrected chi connectivity index (χ0v) is 13.8. The van der Waals surface area contributed by atoms with E-state index in [0.29, 0.717) is 30.8 Å². The van der Waals surface area contributed by atoms with Gasteiger partial charge in [0.25, 0.3) is 5.91 Å². The summed E-state index contributed by atoms with van der Waals surface area (Å²) in [6.07, 6.45) is 5.74. The number of carbonyl (C=O) groups is 2. The molecule has 3 aromatic rings. The minimum absolute atomic E-state index is 0.00641. The van der Waals surface area contributed by atoms with Gasteiger partial charge in [0.2, 0.25) is 5.91 Å². The smallest absolute Gasteiger partial charge is 0.251 e. The molecule has 26 heavy (non-hydrogen) atoms. The van der Waals surface area contributed by atoms with Crippen molar-refractivity contribution in [3.63, 3.8) is 0 Å². The van der Waals surface area contributed by atoms with Crippen LogP contribution >= 0.6 is 0 Å². The SMILES string of the molecule is O=C1CCc2cc(C(=O)NCc3cccnc3-n3cncn3)ccc2N1. The van der Waals surface area contributed by atoms with Gasteiger partial charge in [0.15, 0.2) is 5.82 Å². The molecule has 2 aromatic heterocycles. The number of rotatable bonds is 4. The van der Waals surface area contributed by atoms with Crippen LogP contribution in [0.25, 0.3) is 5.82 Å². The van der Waals surface area contributed by atoms with E-state index in [9.17, 15) is 9.59 Å². The van der Waals surface area contributed by atoms with Crippen LogP contribution < -0.4 is 10.6 Å². The van der Waals surface area contributed by atoms with Crippen molar-refractivity contribution < 1.29 is 9.59 Å². The molecule has 0 fully saturated rings. The lowest BCUT2D eigenvalue weighted by Crippen LogP contribution is -2.25. The van der Waals surface area contributed by atoms with Gasteiger partial charge in [0.05, 0.1) is 0 Å². The van der Waals surface area contributed by atoms with Crippen LogP contribution in [0, 0.1) is 0 Å². The van der Waals surface area contributed by atoms with Crippen molar-refractivity contribution >= 4 is 17.5 Å². The van der Waals surface area contributed by atoms with Crippen LogP contribution in [0.15, 0.2) is 49.2 Å².